The van der Waals surface area contributed by atoms with E-state index in [1.54, 1.807) is 4.90 Å². The van der Waals surface area contributed by atoms with Crippen LogP contribution in [0.4, 0.5) is 0 Å². The van der Waals surface area contributed by atoms with Gasteiger partial charge in [-0.15, -0.1) is 0 Å². The number of benzene rings is 1. The number of hydrogen-bond acceptors (Lipinski definition) is 3. The summed E-state index contributed by atoms with van der Waals surface area (Å²) >= 11 is 0. The molecule has 2 aliphatic heterocycles. The van der Waals surface area contributed by atoms with Crippen molar-refractivity contribution in [2.45, 2.75) is 31.3 Å². The largest absolute Gasteiger partial charge is 0.361 e. The molecule has 3 amide bonds. The highest BCUT2D eigenvalue weighted by molar-refractivity contribution is 5.95. The average molecular weight is 340 g/mol. The number of fused-ring (bicyclic) bond motifs is 2. The summed E-state index contributed by atoms with van der Waals surface area (Å²) in [6.45, 7) is 0.465. The summed E-state index contributed by atoms with van der Waals surface area (Å²) in [5.74, 6) is -0.265. The number of nitrogens with zero attached hydrogens (tertiary/aromatic N) is 1. The number of hydrogen-bond donors (Lipinski definition) is 3. The van der Waals surface area contributed by atoms with Crippen LogP contribution in [0.15, 0.2) is 30.5 Å². The smallest absolute Gasteiger partial charge is 0.243 e. The highest BCUT2D eigenvalue weighted by atomic mass is 16.2. The van der Waals surface area contributed by atoms with Gasteiger partial charge in [0, 0.05) is 36.1 Å². The van der Waals surface area contributed by atoms with Gasteiger partial charge in [0.25, 0.3) is 0 Å². The van der Waals surface area contributed by atoms with Gasteiger partial charge in [-0.25, -0.2) is 0 Å². The Kier molecular flexibility index (Phi) is 3.91. The first-order valence-electron chi connectivity index (χ1n) is 8.53. The third-order valence-corrected chi connectivity index (χ3v) is 5.00. The average Bonchev–Trinajstić information content (AvgIpc) is 3.21. The SMILES string of the molecule is O=C(CCc1c[nH]c2ccccc12)N[C@@H]1C[C@H]2C(=O)NCC(=O)N2C1. The fourth-order valence-corrected chi connectivity index (χ4v) is 3.73. The molecular weight excluding hydrogens is 320 g/mol. The molecule has 4 rings (SSSR count). The molecule has 7 heteroatoms. The Morgan fingerprint density at radius 3 is 2.96 bits per heavy atom. The highest BCUT2D eigenvalue weighted by Gasteiger charge is 2.42. The number of aromatic nitrogens is 1. The molecule has 1 aromatic heterocycles. The Hall–Kier alpha value is -2.83. The fraction of sp³-hybridized carbons (Fsp3) is 0.389. The van der Waals surface area contributed by atoms with Crippen LogP contribution in [0.1, 0.15) is 18.4 Å². The molecule has 2 atom stereocenters. The van der Waals surface area contributed by atoms with Crippen LogP contribution in [-0.2, 0) is 20.8 Å². The van der Waals surface area contributed by atoms with Crippen molar-refractivity contribution in [2.75, 3.05) is 13.1 Å². The molecule has 1 aromatic carbocycles. The van der Waals surface area contributed by atoms with Gasteiger partial charge in [-0.1, -0.05) is 18.2 Å². The molecule has 3 N–H and O–H groups in total. The second kappa shape index (κ2) is 6.23. The third-order valence-electron chi connectivity index (χ3n) is 5.00. The molecule has 2 saturated heterocycles. The lowest BCUT2D eigenvalue weighted by atomic mass is 10.1. The second-order valence-electron chi connectivity index (χ2n) is 6.64. The molecule has 0 saturated carbocycles. The standard InChI is InChI=1S/C18H20N4O3/c23-16(6-5-11-8-19-14-4-2-1-3-13(11)14)21-12-7-15-18(25)20-9-17(24)22(15)10-12/h1-4,8,12,15,19H,5-7,9-10H2,(H,20,25)(H,21,23)/t12-,15+/m1/s1. The Bertz CT molecular complexity index is 820. The first-order valence-corrected chi connectivity index (χ1v) is 8.53. The lowest BCUT2D eigenvalue weighted by Crippen LogP contribution is -2.55. The number of amides is 3. The summed E-state index contributed by atoms with van der Waals surface area (Å²) in [5.41, 5.74) is 2.18. The second-order valence-corrected chi connectivity index (χ2v) is 6.64. The van der Waals surface area contributed by atoms with E-state index in [0.29, 0.717) is 25.8 Å². The molecule has 25 heavy (non-hydrogen) atoms. The van der Waals surface area contributed by atoms with Gasteiger partial charge in [-0.2, -0.15) is 0 Å². The molecule has 0 spiro atoms. The summed E-state index contributed by atoms with van der Waals surface area (Å²) in [6.07, 6.45) is 3.45. The van der Waals surface area contributed by atoms with Crippen molar-refractivity contribution in [1.82, 2.24) is 20.5 Å². The van der Waals surface area contributed by atoms with Gasteiger partial charge in [0.15, 0.2) is 0 Å². The van der Waals surface area contributed by atoms with Gasteiger partial charge >= 0.3 is 0 Å². The van der Waals surface area contributed by atoms with Crippen LogP contribution in [0.5, 0.6) is 0 Å². The minimum atomic E-state index is -0.444. The first-order chi connectivity index (χ1) is 12.1. The quantitative estimate of drug-likeness (QED) is 0.748. The summed E-state index contributed by atoms with van der Waals surface area (Å²) in [4.78, 5) is 40.7. The first kappa shape index (κ1) is 15.7. The van der Waals surface area contributed by atoms with E-state index in [1.807, 2.05) is 30.5 Å². The van der Waals surface area contributed by atoms with E-state index in [0.717, 1.165) is 16.5 Å². The number of rotatable bonds is 4. The van der Waals surface area contributed by atoms with Crippen molar-refractivity contribution >= 4 is 28.6 Å². The molecule has 0 bridgehead atoms. The number of carbonyl (C=O) groups excluding carboxylic acids is 3. The predicted octanol–water partition coefficient (Wildman–Crippen LogP) is 0.316. The summed E-state index contributed by atoms with van der Waals surface area (Å²) in [5, 5.41) is 6.69. The van der Waals surface area contributed by atoms with Gasteiger partial charge in [0.2, 0.25) is 17.7 Å². The monoisotopic (exact) mass is 340 g/mol. The molecule has 0 unspecified atom stereocenters. The number of para-hydroxylation sites is 1. The van der Waals surface area contributed by atoms with Crippen LogP contribution in [0.25, 0.3) is 10.9 Å². The highest BCUT2D eigenvalue weighted by Crippen LogP contribution is 2.21. The van der Waals surface area contributed by atoms with Gasteiger partial charge in [0.05, 0.1) is 6.54 Å². The normalized spacial score (nSPS) is 22.8. The lowest BCUT2D eigenvalue weighted by Gasteiger charge is -2.28. The van der Waals surface area contributed by atoms with Crippen molar-refractivity contribution in [2.24, 2.45) is 0 Å². The van der Waals surface area contributed by atoms with Crippen LogP contribution in [0.2, 0.25) is 0 Å². The van der Waals surface area contributed by atoms with Crippen LogP contribution in [-0.4, -0.2) is 52.8 Å². The van der Waals surface area contributed by atoms with E-state index in [2.05, 4.69) is 15.6 Å². The Labute approximate surface area is 144 Å². The van der Waals surface area contributed by atoms with Crippen LogP contribution in [0, 0.1) is 0 Å². The van der Waals surface area contributed by atoms with Crippen LogP contribution >= 0.6 is 0 Å². The van der Waals surface area contributed by atoms with E-state index in [4.69, 9.17) is 0 Å². The topological polar surface area (TPSA) is 94.3 Å². The van der Waals surface area contributed by atoms with E-state index in [9.17, 15) is 14.4 Å². The zero-order valence-corrected chi connectivity index (χ0v) is 13.7. The van der Waals surface area contributed by atoms with Gasteiger partial charge in [-0.3, -0.25) is 14.4 Å². The molecule has 0 radical (unpaired) electrons. The number of H-pyrrole nitrogens is 1. The summed E-state index contributed by atoms with van der Waals surface area (Å²) < 4.78 is 0. The number of piperazine rings is 1. The van der Waals surface area contributed by atoms with Crippen LogP contribution < -0.4 is 10.6 Å². The zero-order chi connectivity index (χ0) is 17.4. The zero-order valence-electron chi connectivity index (χ0n) is 13.7. The molecule has 2 fully saturated rings. The Morgan fingerprint density at radius 1 is 1.28 bits per heavy atom. The van der Waals surface area contributed by atoms with Crippen molar-refractivity contribution < 1.29 is 14.4 Å². The fourth-order valence-electron chi connectivity index (χ4n) is 3.73. The maximum atomic E-state index is 12.3. The number of nitrogens with one attached hydrogen (secondary N) is 3. The van der Waals surface area contributed by atoms with Gasteiger partial charge in [0.1, 0.15) is 6.04 Å². The maximum absolute atomic E-state index is 12.3. The number of aryl methyl sites for hydroxylation is 1. The minimum Gasteiger partial charge on any atom is -0.361 e. The minimum absolute atomic E-state index is 0.0521. The van der Waals surface area contributed by atoms with Crippen molar-refractivity contribution in [1.29, 1.82) is 0 Å². The molecule has 0 aliphatic carbocycles. The van der Waals surface area contributed by atoms with E-state index in [1.165, 1.54) is 0 Å². The van der Waals surface area contributed by atoms with Gasteiger partial charge < -0.3 is 20.5 Å². The third kappa shape index (κ3) is 2.97. The molecule has 3 heterocycles. The molecule has 130 valence electrons. The maximum Gasteiger partial charge on any atom is 0.243 e. The number of carbonyl (C=O) groups is 3. The Balaban J connectivity index is 1.34. The van der Waals surface area contributed by atoms with E-state index in [-0.39, 0.29) is 30.3 Å². The summed E-state index contributed by atoms with van der Waals surface area (Å²) in [6, 6.07) is 7.40. The van der Waals surface area contributed by atoms with Crippen molar-refractivity contribution in [3.8, 4) is 0 Å². The molecule has 7 nitrogen and oxygen atoms in total. The molecular formula is C18H20N4O3. The summed E-state index contributed by atoms with van der Waals surface area (Å²) in [7, 11) is 0. The predicted molar refractivity (Wildman–Crippen MR) is 91.7 cm³/mol. The van der Waals surface area contributed by atoms with Crippen LogP contribution in [0.3, 0.4) is 0 Å². The molecule has 2 aliphatic rings. The Morgan fingerprint density at radius 2 is 2.12 bits per heavy atom. The van der Waals surface area contributed by atoms with E-state index >= 15 is 0 Å². The van der Waals surface area contributed by atoms with Crippen molar-refractivity contribution in [3.63, 3.8) is 0 Å². The number of aromatic amines is 1. The van der Waals surface area contributed by atoms with Gasteiger partial charge in [-0.05, 0) is 24.5 Å². The lowest BCUT2D eigenvalue weighted by molar-refractivity contribution is -0.143. The van der Waals surface area contributed by atoms with Crippen molar-refractivity contribution in [3.05, 3.63) is 36.0 Å². The van der Waals surface area contributed by atoms with E-state index < -0.39 is 6.04 Å². The molecule has 2 aromatic rings.